The first kappa shape index (κ1) is 18.3. The molecule has 4 rings (SSSR count). The van der Waals surface area contributed by atoms with E-state index in [2.05, 4.69) is 9.88 Å². The summed E-state index contributed by atoms with van der Waals surface area (Å²) in [6, 6.07) is 19.3. The molecule has 3 aromatic rings. The number of nitrogens with zero attached hydrogens (tertiary/aromatic N) is 2. The second kappa shape index (κ2) is 7.90. The van der Waals surface area contributed by atoms with E-state index in [0.717, 1.165) is 29.8 Å². The van der Waals surface area contributed by atoms with Gasteiger partial charge in [0.05, 0.1) is 12.1 Å². The maximum Gasteiger partial charge on any atom is 0.250 e. The minimum Gasteiger partial charge on any atom is -0.471 e. The summed E-state index contributed by atoms with van der Waals surface area (Å²) in [6.45, 7) is 1.40. The van der Waals surface area contributed by atoms with Crippen LogP contribution < -0.4 is 15.4 Å². The Balaban J connectivity index is 1.56. The second-order valence-corrected chi connectivity index (χ2v) is 7.13. The number of nitrogens with two attached hydrogens (primary N) is 1. The zero-order valence-corrected chi connectivity index (χ0v) is 16.0. The van der Waals surface area contributed by atoms with Gasteiger partial charge in [-0.2, -0.15) is 0 Å². The Morgan fingerprint density at radius 1 is 1.11 bits per heavy atom. The molecule has 1 atom stereocenters. The fourth-order valence-corrected chi connectivity index (χ4v) is 3.64. The molecule has 5 nitrogen and oxygen atoms in total. The summed E-state index contributed by atoms with van der Waals surface area (Å²) in [5.41, 5.74) is 9.03. The fraction of sp³-hybridized carbons (Fsp3) is 0.182. The van der Waals surface area contributed by atoms with Crippen LogP contribution >= 0.6 is 11.6 Å². The highest BCUT2D eigenvalue weighted by molar-refractivity contribution is 6.31. The Bertz CT molecular complexity index is 994. The van der Waals surface area contributed by atoms with Crippen molar-refractivity contribution in [1.82, 2.24) is 4.98 Å². The highest BCUT2D eigenvalue weighted by Crippen LogP contribution is 2.31. The number of hydrogen-bond acceptors (Lipinski definition) is 4. The number of pyridine rings is 1. The molecule has 2 aromatic carbocycles. The summed E-state index contributed by atoms with van der Waals surface area (Å²) in [7, 11) is 0. The summed E-state index contributed by atoms with van der Waals surface area (Å²) < 4.78 is 5.95. The summed E-state index contributed by atoms with van der Waals surface area (Å²) in [4.78, 5) is 18.4. The quantitative estimate of drug-likeness (QED) is 0.706. The van der Waals surface area contributed by atoms with Gasteiger partial charge in [0.1, 0.15) is 11.1 Å². The molecule has 0 radical (unpaired) electrons. The molecular weight excluding hydrogens is 374 g/mol. The molecule has 0 bridgehead atoms. The van der Waals surface area contributed by atoms with E-state index in [0.29, 0.717) is 23.0 Å². The van der Waals surface area contributed by atoms with Gasteiger partial charge in [0, 0.05) is 24.8 Å². The van der Waals surface area contributed by atoms with Crippen molar-refractivity contribution in [2.75, 3.05) is 18.0 Å². The van der Waals surface area contributed by atoms with Gasteiger partial charge in [0.25, 0.3) is 5.91 Å². The van der Waals surface area contributed by atoms with Crippen molar-refractivity contribution in [3.8, 4) is 17.0 Å². The number of hydrogen-bond donors (Lipinski definition) is 1. The van der Waals surface area contributed by atoms with E-state index in [1.54, 1.807) is 18.3 Å². The average Bonchev–Trinajstić information content (AvgIpc) is 3.18. The second-order valence-electron chi connectivity index (χ2n) is 6.73. The summed E-state index contributed by atoms with van der Waals surface area (Å²) in [6.07, 6.45) is 2.41. The first-order valence-corrected chi connectivity index (χ1v) is 9.51. The summed E-state index contributed by atoms with van der Waals surface area (Å²) >= 11 is 6.14. The van der Waals surface area contributed by atoms with Gasteiger partial charge < -0.3 is 15.4 Å². The van der Waals surface area contributed by atoms with E-state index in [9.17, 15) is 4.79 Å². The average molecular weight is 394 g/mol. The number of carbonyl (C=O) groups is 1. The zero-order valence-electron chi connectivity index (χ0n) is 15.2. The molecule has 1 fully saturated rings. The van der Waals surface area contributed by atoms with Gasteiger partial charge in [0.2, 0.25) is 5.88 Å². The highest BCUT2D eigenvalue weighted by atomic mass is 35.5. The molecule has 0 saturated carbocycles. The first-order valence-electron chi connectivity index (χ1n) is 9.13. The van der Waals surface area contributed by atoms with Crippen molar-refractivity contribution in [3.05, 3.63) is 77.4 Å². The predicted octanol–water partition coefficient (Wildman–Crippen LogP) is 4.16. The third-order valence-corrected chi connectivity index (χ3v) is 5.15. The molecule has 0 spiro atoms. The Morgan fingerprint density at radius 3 is 2.68 bits per heavy atom. The lowest BCUT2D eigenvalue weighted by Gasteiger charge is -2.22. The van der Waals surface area contributed by atoms with Crippen molar-refractivity contribution >= 4 is 23.2 Å². The topological polar surface area (TPSA) is 68.5 Å². The first-order chi connectivity index (χ1) is 13.6. The zero-order chi connectivity index (χ0) is 19.5. The fourth-order valence-electron chi connectivity index (χ4n) is 3.48. The summed E-state index contributed by atoms with van der Waals surface area (Å²) in [5, 5.41) is 0.492. The monoisotopic (exact) mass is 393 g/mol. The lowest BCUT2D eigenvalue weighted by molar-refractivity contribution is 0.100. The predicted molar refractivity (Wildman–Crippen MR) is 111 cm³/mol. The maximum absolute atomic E-state index is 12.1. The van der Waals surface area contributed by atoms with E-state index in [-0.39, 0.29) is 6.10 Å². The molecule has 2 heterocycles. The lowest BCUT2D eigenvalue weighted by Crippen LogP contribution is -2.27. The number of primary amides is 1. The molecule has 0 unspecified atom stereocenters. The molecule has 1 saturated heterocycles. The SMILES string of the molecule is NC(=O)c1cc(-c2ccccc2)ccc1N1CC[C@H](Oc2ncccc2Cl)C1. The van der Waals surface area contributed by atoms with Crippen molar-refractivity contribution in [1.29, 1.82) is 0 Å². The van der Waals surface area contributed by atoms with E-state index in [4.69, 9.17) is 22.1 Å². The largest absolute Gasteiger partial charge is 0.471 e. The molecule has 28 heavy (non-hydrogen) atoms. The van der Waals surface area contributed by atoms with Gasteiger partial charge in [0.15, 0.2) is 0 Å². The van der Waals surface area contributed by atoms with Crippen molar-refractivity contribution in [2.45, 2.75) is 12.5 Å². The Kier molecular flexibility index (Phi) is 5.17. The van der Waals surface area contributed by atoms with Gasteiger partial charge in [-0.15, -0.1) is 0 Å². The van der Waals surface area contributed by atoms with Crippen LogP contribution in [0, 0.1) is 0 Å². The highest BCUT2D eigenvalue weighted by Gasteiger charge is 2.27. The van der Waals surface area contributed by atoms with Crippen LogP contribution in [0.3, 0.4) is 0 Å². The van der Waals surface area contributed by atoms with Crippen LogP contribution in [0.5, 0.6) is 5.88 Å². The van der Waals surface area contributed by atoms with Crippen LogP contribution in [0.4, 0.5) is 5.69 Å². The minimum absolute atomic E-state index is 0.0538. The smallest absolute Gasteiger partial charge is 0.250 e. The third kappa shape index (κ3) is 3.80. The molecule has 2 N–H and O–H groups in total. The molecule has 142 valence electrons. The van der Waals surface area contributed by atoms with E-state index >= 15 is 0 Å². The van der Waals surface area contributed by atoms with Gasteiger partial charge in [-0.1, -0.05) is 48.0 Å². The number of halogens is 1. The van der Waals surface area contributed by atoms with E-state index in [1.807, 2.05) is 48.5 Å². The van der Waals surface area contributed by atoms with Gasteiger partial charge in [-0.3, -0.25) is 4.79 Å². The van der Waals surface area contributed by atoms with Gasteiger partial charge >= 0.3 is 0 Å². The Morgan fingerprint density at radius 2 is 1.93 bits per heavy atom. The number of ether oxygens (including phenoxy) is 1. The number of amides is 1. The molecular formula is C22H20ClN3O2. The maximum atomic E-state index is 12.1. The van der Waals surface area contributed by atoms with E-state index in [1.165, 1.54) is 0 Å². The Hall–Kier alpha value is -3.05. The lowest BCUT2D eigenvalue weighted by atomic mass is 10.0. The third-order valence-electron chi connectivity index (χ3n) is 4.86. The number of carbonyl (C=O) groups excluding carboxylic acids is 1. The standard InChI is InChI=1S/C22H20ClN3O2/c23-19-7-4-11-25-22(19)28-17-10-12-26(14-17)20-9-8-16(13-18(20)21(24)27)15-5-2-1-3-6-15/h1-9,11,13,17H,10,12,14H2,(H2,24,27)/t17-/m0/s1. The van der Waals surface area contributed by atoms with Gasteiger partial charge in [-0.25, -0.2) is 4.98 Å². The number of anilines is 1. The van der Waals surface area contributed by atoms with Crippen molar-refractivity contribution in [3.63, 3.8) is 0 Å². The normalized spacial score (nSPS) is 16.2. The Labute approximate surface area is 168 Å². The van der Waals surface area contributed by atoms with Gasteiger partial charge in [-0.05, 0) is 35.4 Å². The van der Waals surface area contributed by atoms with E-state index < -0.39 is 5.91 Å². The molecule has 1 aliphatic rings. The van der Waals surface area contributed by atoms with Crippen LogP contribution in [-0.4, -0.2) is 30.1 Å². The number of benzene rings is 2. The van der Waals surface area contributed by atoms with Crippen LogP contribution in [0.1, 0.15) is 16.8 Å². The molecule has 1 aromatic heterocycles. The van der Waals surface area contributed by atoms with Crippen molar-refractivity contribution < 1.29 is 9.53 Å². The number of rotatable bonds is 5. The van der Waals surface area contributed by atoms with Crippen LogP contribution in [-0.2, 0) is 0 Å². The van der Waals surface area contributed by atoms with Crippen molar-refractivity contribution in [2.24, 2.45) is 5.73 Å². The minimum atomic E-state index is -0.440. The van der Waals surface area contributed by atoms with Crippen LogP contribution in [0.2, 0.25) is 5.02 Å². The molecule has 6 heteroatoms. The van der Waals surface area contributed by atoms with Crippen LogP contribution in [0.25, 0.3) is 11.1 Å². The molecule has 1 amide bonds. The number of aromatic nitrogens is 1. The summed E-state index contributed by atoms with van der Waals surface area (Å²) in [5.74, 6) is -0.00418. The van der Waals surface area contributed by atoms with Crippen LogP contribution in [0.15, 0.2) is 66.9 Å². The molecule has 0 aliphatic carbocycles. The molecule has 1 aliphatic heterocycles.